The fraction of sp³-hybridized carbons (Fsp3) is 0.111. The number of amides is 1. The Morgan fingerprint density at radius 2 is 1.84 bits per heavy atom. The van der Waals surface area contributed by atoms with Crippen LogP contribution in [0.4, 0.5) is 18.9 Å². The number of methoxy groups -OCH3 is 1. The minimum Gasteiger partial charge on any atom is -0.493 e. The Labute approximate surface area is 214 Å². The first-order valence-corrected chi connectivity index (χ1v) is 11.1. The molecule has 38 heavy (non-hydrogen) atoms. The Balaban J connectivity index is 1.82. The number of nitrogens with zero attached hydrogens (tertiary/aromatic N) is 3. The lowest BCUT2D eigenvalue weighted by molar-refractivity contribution is -0.137. The molecule has 0 aliphatic rings. The van der Waals surface area contributed by atoms with Crippen LogP contribution < -0.4 is 20.3 Å². The molecular formula is C27H19F3N4O4. The molecule has 2 aromatic carbocycles. The first-order valence-electron chi connectivity index (χ1n) is 11.1. The largest absolute Gasteiger partial charge is 0.493 e. The van der Waals surface area contributed by atoms with Gasteiger partial charge in [-0.05, 0) is 55.0 Å². The molecule has 1 N–H and O–H groups in total. The number of halogens is 3. The van der Waals surface area contributed by atoms with Gasteiger partial charge in [0, 0.05) is 11.9 Å². The number of benzene rings is 2. The normalized spacial score (nSPS) is 11.6. The maximum absolute atomic E-state index is 13.4. The molecule has 0 aliphatic carbocycles. The van der Waals surface area contributed by atoms with Crippen LogP contribution in [0.1, 0.15) is 16.7 Å². The molecule has 8 nitrogen and oxygen atoms in total. The maximum atomic E-state index is 13.4. The summed E-state index contributed by atoms with van der Waals surface area (Å²) >= 11 is 0. The van der Waals surface area contributed by atoms with Crippen LogP contribution in [0, 0.1) is 18.3 Å². The summed E-state index contributed by atoms with van der Waals surface area (Å²) in [6, 6.07) is 15.6. The van der Waals surface area contributed by atoms with Crippen molar-refractivity contribution >= 4 is 23.3 Å². The molecule has 0 atom stereocenters. The molecular weight excluding hydrogens is 501 g/mol. The molecule has 2 heterocycles. The molecule has 0 unspecified atom stereocenters. The van der Waals surface area contributed by atoms with Crippen LogP contribution in [0.2, 0.25) is 0 Å². The second-order valence-electron chi connectivity index (χ2n) is 7.98. The van der Waals surface area contributed by atoms with Gasteiger partial charge < -0.3 is 14.8 Å². The topological polar surface area (TPSA) is 106 Å². The van der Waals surface area contributed by atoms with E-state index in [1.165, 1.54) is 23.8 Å². The number of ether oxygens (including phenoxy) is 2. The monoisotopic (exact) mass is 520 g/mol. The molecule has 0 spiro atoms. The van der Waals surface area contributed by atoms with Crippen molar-refractivity contribution in [1.82, 2.24) is 9.38 Å². The molecule has 0 saturated carbocycles. The number of nitrogens with one attached hydrogen (secondary N) is 1. The summed E-state index contributed by atoms with van der Waals surface area (Å²) < 4.78 is 51.6. The van der Waals surface area contributed by atoms with Gasteiger partial charge in [0.1, 0.15) is 22.9 Å². The quantitative estimate of drug-likeness (QED) is 0.271. The number of aryl methyl sites for hydroxylation is 1. The van der Waals surface area contributed by atoms with Crippen molar-refractivity contribution in [2.75, 3.05) is 12.4 Å². The number of para-hydroxylation sites is 2. The Kier molecular flexibility index (Phi) is 7.16. The van der Waals surface area contributed by atoms with Gasteiger partial charge in [-0.15, -0.1) is 0 Å². The summed E-state index contributed by atoms with van der Waals surface area (Å²) in [6.07, 6.45) is -2.17. The SMILES string of the molecule is COc1ccccc1Oc1nc2c(C)cccn2c(=O)c1/C=C(/C#N)C(=O)Nc1cccc(C(F)(F)F)c1. The van der Waals surface area contributed by atoms with E-state index < -0.39 is 28.8 Å². The van der Waals surface area contributed by atoms with Crippen molar-refractivity contribution in [1.29, 1.82) is 5.26 Å². The third-order valence-corrected chi connectivity index (χ3v) is 5.43. The number of carbonyl (C=O) groups excluding carboxylic acids is 1. The van der Waals surface area contributed by atoms with Crippen molar-refractivity contribution < 1.29 is 27.4 Å². The van der Waals surface area contributed by atoms with E-state index in [1.54, 1.807) is 49.4 Å². The van der Waals surface area contributed by atoms with Gasteiger partial charge in [-0.3, -0.25) is 14.0 Å². The number of alkyl halides is 3. The zero-order valence-corrected chi connectivity index (χ0v) is 20.0. The highest BCUT2D eigenvalue weighted by atomic mass is 19.4. The van der Waals surface area contributed by atoms with E-state index in [1.807, 2.05) is 0 Å². The molecule has 4 aromatic rings. The zero-order valence-electron chi connectivity index (χ0n) is 20.0. The highest BCUT2D eigenvalue weighted by Gasteiger charge is 2.30. The second-order valence-corrected chi connectivity index (χ2v) is 7.98. The number of aromatic nitrogens is 2. The number of hydrogen-bond donors (Lipinski definition) is 1. The first kappa shape index (κ1) is 26.0. The first-order chi connectivity index (χ1) is 18.1. The van der Waals surface area contributed by atoms with Gasteiger partial charge in [-0.2, -0.15) is 23.4 Å². The minimum absolute atomic E-state index is 0.180. The van der Waals surface area contributed by atoms with Gasteiger partial charge in [-0.25, -0.2) is 0 Å². The van der Waals surface area contributed by atoms with Crippen molar-refractivity contribution in [3.05, 3.63) is 99.5 Å². The Morgan fingerprint density at radius 3 is 2.53 bits per heavy atom. The number of anilines is 1. The second kappa shape index (κ2) is 10.5. The van der Waals surface area contributed by atoms with Crippen LogP contribution in [0.25, 0.3) is 11.7 Å². The Morgan fingerprint density at radius 1 is 1.11 bits per heavy atom. The highest BCUT2D eigenvalue weighted by molar-refractivity contribution is 6.09. The molecule has 0 fully saturated rings. The van der Waals surface area contributed by atoms with Crippen molar-refractivity contribution in [3.8, 4) is 23.4 Å². The summed E-state index contributed by atoms with van der Waals surface area (Å²) in [7, 11) is 1.43. The molecule has 4 rings (SSSR count). The number of pyridine rings is 1. The fourth-order valence-corrected chi connectivity index (χ4v) is 3.57. The smallest absolute Gasteiger partial charge is 0.416 e. The van der Waals surface area contributed by atoms with E-state index in [0.29, 0.717) is 11.3 Å². The lowest BCUT2D eigenvalue weighted by atomic mass is 10.1. The van der Waals surface area contributed by atoms with Gasteiger partial charge in [0.15, 0.2) is 11.5 Å². The van der Waals surface area contributed by atoms with Crippen LogP contribution in [0.5, 0.6) is 17.4 Å². The van der Waals surface area contributed by atoms with Crippen LogP contribution in [0.3, 0.4) is 0 Å². The summed E-state index contributed by atoms with van der Waals surface area (Å²) in [5.41, 5.74) is -1.63. The third kappa shape index (κ3) is 5.34. The molecule has 1 amide bonds. The van der Waals surface area contributed by atoms with Gasteiger partial charge >= 0.3 is 6.18 Å². The maximum Gasteiger partial charge on any atom is 0.416 e. The number of carbonyl (C=O) groups is 1. The summed E-state index contributed by atoms with van der Waals surface area (Å²) in [6.45, 7) is 1.74. The molecule has 0 aliphatic heterocycles. The summed E-state index contributed by atoms with van der Waals surface area (Å²) in [5, 5.41) is 11.9. The number of nitriles is 1. The van der Waals surface area contributed by atoms with Crippen molar-refractivity contribution in [2.45, 2.75) is 13.1 Å². The Hall–Kier alpha value is -5.11. The Bertz CT molecular complexity index is 1670. The van der Waals surface area contributed by atoms with Gasteiger partial charge in [-0.1, -0.05) is 24.3 Å². The average molecular weight is 520 g/mol. The molecule has 2 aromatic heterocycles. The fourth-order valence-electron chi connectivity index (χ4n) is 3.57. The summed E-state index contributed by atoms with van der Waals surface area (Å²) in [5.74, 6) is -0.657. The van der Waals surface area contributed by atoms with Gasteiger partial charge in [0.2, 0.25) is 5.88 Å². The van der Waals surface area contributed by atoms with Crippen LogP contribution in [-0.2, 0) is 11.0 Å². The lowest BCUT2D eigenvalue weighted by Gasteiger charge is -2.13. The highest BCUT2D eigenvalue weighted by Crippen LogP contribution is 2.33. The van der Waals surface area contributed by atoms with Crippen molar-refractivity contribution in [3.63, 3.8) is 0 Å². The standard InChI is InChI=1S/C27H19F3N4O4/c1-16-7-6-12-34-23(16)33-25(38-22-11-4-3-10-21(22)37-2)20(26(34)36)13-17(15-31)24(35)32-19-9-5-8-18(14-19)27(28,29)30/h3-14H,1-2H3,(H,32,35)/b17-13-. The number of hydrogen-bond acceptors (Lipinski definition) is 6. The molecule has 0 bridgehead atoms. The van der Waals surface area contributed by atoms with Crippen LogP contribution in [0.15, 0.2) is 77.2 Å². The predicted octanol–water partition coefficient (Wildman–Crippen LogP) is 5.37. The van der Waals surface area contributed by atoms with Gasteiger partial charge in [0.05, 0.1) is 12.7 Å². The van der Waals surface area contributed by atoms with E-state index in [0.717, 1.165) is 24.3 Å². The van der Waals surface area contributed by atoms with E-state index in [4.69, 9.17) is 9.47 Å². The van der Waals surface area contributed by atoms with E-state index in [-0.39, 0.29) is 28.5 Å². The predicted molar refractivity (Wildman–Crippen MR) is 133 cm³/mol. The van der Waals surface area contributed by atoms with E-state index in [2.05, 4.69) is 10.3 Å². The molecule has 0 saturated heterocycles. The summed E-state index contributed by atoms with van der Waals surface area (Å²) in [4.78, 5) is 30.7. The zero-order chi connectivity index (χ0) is 27.4. The van der Waals surface area contributed by atoms with Gasteiger partial charge in [0.25, 0.3) is 11.5 Å². The van der Waals surface area contributed by atoms with Crippen LogP contribution >= 0.6 is 0 Å². The number of rotatable bonds is 6. The third-order valence-electron chi connectivity index (χ3n) is 5.43. The van der Waals surface area contributed by atoms with E-state index >= 15 is 0 Å². The van der Waals surface area contributed by atoms with Crippen molar-refractivity contribution in [2.24, 2.45) is 0 Å². The van der Waals surface area contributed by atoms with E-state index in [9.17, 15) is 28.0 Å². The number of fused-ring (bicyclic) bond motifs is 1. The average Bonchev–Trinajstić information content (AvgIpc) is 2.89. The molecule has 11 heteroatoms. The minimum atomic E-state index is -4.62. The lowest BCUT2D eigenvalue weighted by Crippen LogP contribution is -2.21. The van der Waals surface area contributed by atoms with Crippen LogP contribution in [-0.4, -0.2) is 22.4 Å². The molecule has 192 valence electrons. The molecule has 0 radical (unpaired) electrons.